The number of nitrogens with one attached hydrogen (secondary N) is 2. The van der Waals surface area contributed by atoms with Crippen molar-refractivity contribution in [1.82, 2.24) is 0 Å². The van der Waals surface area contributed by atoms with Crippen molar-refractivity contribution in [3.63, 3.8) is 0 Å². The molecule has 0 bridgehead atoms. The van der Waals surface area contributed by atoms with Crippen molar-refractivity contribution in [3.8, 4) is 11.5 Å². The number of carbonyl (C=O) groups is 2. The maximum Gasteiger partial charge on any atom is 0.257 e. The van der Waals surface area contributed by atoms with Crippen molar-refractivity contribution in [2.75, 3.05) is 17.4 Å². The van der Waals surface area contributed by atoms with Gasteiger partial charge in [0.1, 0.15) is 0 Å². The molecule has 4 rings (SSSR count). The molecule has 0 aromatic heterocycles. The fraction of sp³-hybridized carbons (Fsp3) is 0.0476. The lowest BCUT2D eigenvalue weighted by atomic mass is 10.1. The van der Waals surface area contributed by atoms with E-state index < -0.39 is 23.4 Å². The van der Waals surface area contributed by atoms with Gasteiger partial charge in [0.2, 0.25) is 6.79 Å². The van der Waals surface area contributed by atoms with Gasteiger partial charge in [0.25, 0.3) is 11.8 Å². The molecule has 0 saturated heterocycles. The van der Waals surface area contributed by atoms with E-state index in [0.717, 1.165) is 0 Å². The summed E-state index contributed by atoms with van der Waals surface area (Å²) in [6.07, 6.45) is 0. The van der Waals surface area contributed by atoms with Crippen LogP contribution >= 0.6 is 11.6 Å². The summed E-state index contributed by atoms with van der Waals surface area (Å²) < 4.78 is 37.3. The summed E-state index contributed by atoms with van der Waals surface area (Å²) in [7, 11) is 0. The van der Waals surface area contributed by atoms with Crippen LogP contribution in [0.3, 0.4) is 0 Å². The van der Waals surface area contributed by atoms with Crippen LogP contribution in [0.5, 0.6) is 11.5 Å². The molecule has 1 aliphatic heterocycles. The Morgan fingerprint density at radius 1 is 0.833 bits per heavy atom. The Labute approximate surface area is 174 Å². The van der Waals surface area contributed by atoms with Crippen LogP contribution in [0.1, 0.15) is 20.7 Å². The minimum Gasteiger partial charge on any atom is -0.454 e. The standard InChI is InChI=1S/C21H13ClF2N2O4/c22-14-9-16(24)15(23)8-13(14)21(28)26-17-4-2-1-3-12(17)20(27)25-11-5-6-18-19(7-11)30-10-29-18/h1-9H,10H2,(H,25,27)(H,26,28). The number of para-hydroxylation sites is 1. The maximum absolute atomic E-state index is 13.5. The predicted octanol–water partition coefficient (Wildman–Crippen LogP) is 4.85. The fourth-order valence-electron chi connectivity index (χ4n) is 2.85. The first-order valence-corrected chi connectivity index (χ1v) is 9.06. The number of fused-ring (bicyclic) bond motifs is 1. The number of rotatable bonds is 4. The summed E-state index contributed by atoms with van der Waals surface area (Å²) in [6.45, 7) is 0.105. The third-order valence-corrected chi connectivity index (χ3v) is 4.62. The molecular weight excluding hydrogens is 418 g/mol. The van der Waals surface area contributed by atoms with Crippen LogP contribution < -0.4 is 20.1 Å². The van der Waals surface area contributed by atoms with Crippen LogP contribution in [0.2, 0.25) is 5.02 Å². The van der Waals surface area contributed by atoms with Gasteiger partial charge in [-0.3, -0.25) is 9.59 Å². The summed E-state index contributed by atoms with van der Waals surface area (Å²) in [5.74, 6) is -2.59. The van der Waals surface area contributed by atoms with Gasteiger partial charge < -0.3 is 20.1 Å². The number of halogens is 3. The number of amides is 2. The van der Waals surface area contributed by atoms with Crippen LogP contribution in [-0.2, 0) is 0 Å². The molecule has 0 saturated carbocycles. The Kier molecular flexibility index (Phi) is 5.24. The molecule has 152 valence electrons. The van der Waals surface area contributed by atoms with Crippen molar-refractivity contribution < 1.29 is 27.8 Å². The van der Waals surface area contributed by atoms with Gasteiger partial charge >= 0.3 is 0 Å². The molecule has 0 radical (unpaired) electrons. The number of benzene rings is 3. The van der Waals surface area contributed by atoms with Gasteiger partial charge in [0, 0.05) is 11.8 Å². The Bertz CT molecular complexity index is 1170. The third kappa shape index (κ3) is 3.90. The molecule has 2 N–H and O–H groups in total. The van der Waals surface area contributed by atoms with Crippen molar-refractivity contribution >= 4 is 34.8 Å². The Morgan fingerprint density at radius 3 is 2.37 bits per heavy atom. The van der Waals surface area contributed by atoms with E-state index >= 15 is 0 Å². The van der Waals surface area contributed by atoms with Crippen LogP contribution in [0, 0.1) is 11.6 Å². The first-order chi connectivity index (χ1) is 14.4. The SMILES string of the molecule is O=C(Nc1ccccc1C(=O)Nc1ccc2c(c1)OCO2)c1cc(F)c(F)cc1Cl. The Hall–Kier alpha value is -3.65. The molecule has 9 heteroatoms. The zero-order chi connectivity index (χ0) is 21.3. The minimum atomic E-state index is -1.21. The molecule has 0 aliphatic carbocycles. The number of hydrogen-bond acceptors (Lipinski definition) is 4. The lowest BCUT2D eigenvalue weighted by Crippen LogP contribution is -2.18. The zero-order valence-corrected chi connectivity index (χ0v) is 15.9. The van der Waals surface area contributed by atoms with E-state index in [-0.39, 0.29) is 28.6 Å². The molecule has 3 aromatic carbocycles. The monoisotopic (exact) mass is 430 g/mol. The highest BCUT2D eigenvalue weighted by Crippen LogP contribution is 2.34. The predicted molar refractivity (Wildman–Crippen MR) is 106 cm³/mol. The van der Waals surface area contributed by atoms with Crippen LogP contribution in [0.15, 0.2) is 54.6 Å². The molecular formula is C21H13ClF2N2O4. The van der Waals surface area contributed by atoms with Gasteiger partial charge in [-0.05, 0) is 36.4 Å². The summed E-state index contributed by atoms with van der Waals surface area (Å²) in [5, 5.41) is 4.96. The minimum absolute atomic E-state index is 0.105. The summed E-state index contributed by atoms with van der Waals surface area (Å²) in [5.41, 5.74) is 0.527. The quantitative estimate of drug-likeness (QED) is 0.580. The summed E-state index contributed by atoms with van der Waals surface area (Å²) in [6, 6.07) is 12.6. The summed E-state index contributed by atoms with van der Waals surface area (Å²) >= 11 is 5.85. The number of hydrogen-bond donors (Lipinski definition) is 2. The second kappa shape index (κ2) is 8.00. The smallest absolute Gasteiger partial charge is 0.257 e. The van der Waals surface area contributed by atoms with Gasteiger partial charge in [-0.1, -0.05) is 23.7 Å². The van der Waals surface area contributed by atoms with E-state index in [0.29, 0.717) is 29.3 Å². The maximum atomic E-state index is 13.5. The second-order valence-electron chi connectivity index (χ2n) is 6.27. The molecule has 0 spiro atoms. The largest absolute Gasteiger partial charge is 0.454 e. The fourth-order valence-corrected chi connectivity index (χ4v) is 3.09. The molecule has 6 nitrogen and oxygen atoms in total. The molecule has 1 heterocycles. The van der Waals surface area contributed by atoms with Gasteiger partial charge in [0.15, 0.2) is 23.1 Å². The molecule has 30 heavy (non-hydrogen) atoms. The van der Waals surface area contributed by atoms with Gasteiger partial charge in [-0.2, -0.15) is 0 Å². The van der Waals surface area contributed by atoms with E-state index in [1.807, 2.05) is 0 Å². The van der Waals surface area contributed by atoms with Crippen molar-refractivity contribution in [2.24, 2.45) is 0 Å². The number of ether oxygens (including phenoxy) is 2. The number of anilines is 2. The van der Waals surface area contributed by atoms with E-state index in [2.05, 4.69) is 10.6 Å². The van der Waals surface area contributed by atoms with Crippen molar-refractivity contribution in [2.45, 2.75) is 0 Å². The first kappa shape index (κ1) is 19.7. The molecule has 0 atom stereocenters. The highest BCUT2D eigenvalue weighted by Gasteiger charge is 2.19. The van der Waals surface area contributed by atoms with E-state index in [1.165, 1.54) is 12.1 Å². The molecule has 0 unspecified atom stereocenters. The van der Waals surface area contributed by atoms with Gasteiger partial charge in [0.05, 0.1) is 21.8 Å². The third-order valence-electron chi connectivity index (χ3n) is 4.30. The highest BCUT2D eigenvalue weighted by molar-refractivity contribution is 6.34. The average Bonchev–Trinajstić information content (AvgIpc) is 3.19. The highest BCUT2D eigenvalue weighted by atomic mass is 35.5. The normalized spacial score (nSPS) is 11.8. The molecule has 3 aromatic rings. The van der Waals surface area contributed by atoms with Gasteiger partial charge in [-0.25, -0.2) is 8.78 Å². The van der Waals surface area contributed by atoms with E-state index in [4.69, 9.17) is 21.1 Å². The second-order valence-corrected chi connectivity index (χ2v) is 6.68. The molecule has 2 amide bonds. The number of carbonyl (C=O) groups excluding carboxylic acids is 2. The van der Waals surface area contributed by atoms with Gasteiger partial charge in [-0.15, -0.1) is 0 Å². The lowest BCUT2D eigenvalue weighted by molar-refractivity contribution is 0.102. The zero-order valence-electron chi connectivity index (χ0n) is 15.2. The molecule has 0 fully saturated rings. The van der Waals surface area contributed by atoms with E-state index in [9.17, 15) is 18.4 Å². The van der Waals surface area contributed by atoms with Crippen molar-refractivity contribution in [3.05, 3.63) is 82.4 Å². The Balaban J connectivity index is 1.56. The lowest BCUT2D eigenvalue weighted by Gasteiger charge is -2.12. The van der Waals surface area contributed by atoms with Crippen LogP contribution in [0.25, 0.3) is 0 Å². The average molecular weight is 431 g/mol. The van der Waals surface area contributed by atoms with Crippen molar-refractivity contribution in [1.29, 1.82) is 0 Å². The molecule has 1 aliphatic rings. The topological polar surface area (TPSA) is 76.7 Å². The van der Waals surface area contributed by atoms with Crippen LogP contribution in [-0.4, -0.2) is 18.6 Å². The van der Waals surface area contributed by atoms with Crippen LogP contribution in [0.4, 0.5) is 20.2 Å². The Morgan fingerprint density at radius 2 is 1.53 bits per heavy atom. The first-order valence-electron chi connectivity index (χ1n) is 8.68. The van der Waals surface area contributed by atoms with E-state index in [1.54, 1.807) is 30.3 Å². The summed E-state index contributed by atoms with van der Waals surface area (Å²) in [4.78, 5) is 25.3.